The van der Waals surface area contributed by atoms with Crippen LogP contribution in [-0.4, -0.2) is 48.6 Å². The summed E-state index contributed by atoms with van der Waals surface area (Å²) in [5.74, 6) is 0.269. The molecule has 0 aromatic carbocycles. The van der Waals surface area contributed by atoms with E-state index in [9.17, 15) is 14.0 Å². The van der Waals surface area contributed by atoms with Crippen LogP contribution in [0.3, 0.4) is 0 Å². The van der Waals surface area contributed by atoms with Crippen molar-refractivity contribution in [1.29, 1.82) is 5.26 Å². The minimum Gasteiger partial charge on any atom is -0.473 e. The van der Waals surface area contributed by atoms with Gasteiger partial charge in [-0.15, -0.1) is 0 Å². The van der Waals surface area contributed by atoms with Gasteiger partial charge in [0.2, 0.25) is 5.88 Å². The van der Waals surface area contributed by atoms with Crippen molar-refractivity contribution >= 4 is 12.0 Å². The van der Waals surface area contributed by atoms with Gasteiger partial charge in [-0.2, -0.15) is 14.0 Å². The van der Waals surface area contributed by atoms with Crippen molar-refractivity contribution in [2.75, 3.05) is 13.6 Å². The fourth-order valence-electron chi connectivity index (χ4n) is 2.71. The maximum Gasteiger partial charge on any atom is 0.345 e. The van der Waals surface area contributed by atoms with Crippen LogP contribution in [0.5, 0.6) is 5.88 Å². The number of hydrogen-bond acceptors (Lipinski definition) is 5. The van der Waals surface area contributed by atoms with E-state index in [-0.39, 0.29) is 12.0 Å². The summed E-state index contributed by atoms with van der Waals surface area (Å²) in [5, 5.41) is 9.39. The number of alkyl halides is 2. The number of aromatic nitrogens is 1. The first-order valence-electron chi connectivity index (χ1n) is 8.69. The van der Waals surface area contributed by atoms with E-state index >= 15 is 0 Å². The fraction of sp³-hybridized carbons (Fsp3) is 0.611. The Hall–Kier alpha value is -2.27. The van der Waals surface area contributed by atoms with Crippen LogP contribution in [-0.2, 0) is 4.74 Å². The maximum absolute atomic E-state index is 12.3. The largest absolute Gasteiger partial charge is 0.473 e. The summed E-state index contributed by atoms with van der Waals surface area (Å²) in [5.41, 5.74) is 1.59. The molecular formula is C18H24F2N4O2. The molecule has 1 aliphatic carbocycles. The second kappa shape index (κ2) is 9.43. The van der Waals surface area contributed by atoms with Crippen LogP contribution in [0.4, 0.5) is 14.5 Å². The lowest BCUT2D eigenvalue weighted by Crippen LogP contribution is -2.29. The van der Waals surface area contributed by atoms with Gasteiger partial charge in [0.15, 0.2) is 0 Å². The highest BCUT2D eigenvalue weighted by atomic mass is 19.3. The first kappa shape index (κ1) is 20.0. The van der Waals surface area contributed by atoms with Crippen LogP contribution in [0.2, 0.25) is 0 Å². The van der Waals surface area contributed by atoms with Crippen LogP contribution in [0.15, 0.2) is 11.1 Å². The zero-order valence-corrected chi connectivity index (χ0v) is 15.3. The number of rotatable bonds is 7. The molecule has 142 valence electrons. The number of aryl methyl sites for hydroxylation is 1. The third-order valence-corrected chi connectivity index (χ3v) is 4.36. The number of halogens is 2. The molecular weight excluding hydrogens is 342 g/mol. The Balaban J connectivity index is 2.05. The van der Waals surface area contributed by atoms with E-state index in [0.717, 1.165) is 6.54 Å². The summed E-state index contributed by atoms with van der Waals surface area (Å²) in [6.07, 6.45) is 3.27. The third-order valence-electron chi connectivity index (χ3n) is 4.36. The Morgan fingerprint density at radius 3 is 2.62 bits per heavy atom. The van der Waals surface area contributed by atoms with Gasteiger partial charge in [-0.25, -0.2) is 9.98 Å². The van der Waals surface area contributed by atoms with E-state index in [1.54, 1.807) is 19.3 Å². The molecule has 1 fully saturated rings. The number of pyridine rings is 1. The molecule has 8 heteroatoms. The molecule has 0 aliphatic heterocycles. The Kier molecular flexibility index (Phi) is 7.27. The van der Waals surface area contributed by atoms with Gasteiger partial charge in [-0.1, -0.05) is 0 Å². The average molecular weight is 366 g/mol. The van der Waals surface area contributed by atoms with Crippen LogP contribution in [0.1, 0.15) is 43.9 Å². The number of nitriles is 1. The highest BCUT2D eigenvalue weighted by Crippen LogP contribution is 2.29. The third kappa shape index (κ3) is 5.63. The zero-order chi connectivity index (χ0) is 19.1. The van der Waals surface area contributed by atoms with Crippen molar-refractivity contribution in [3.8, 4) is 11.9 Å². The molecule has 0 unspecified atom stereocenters. The SMILES string of the molecule is CCN(C)C=Nc1cc(C#N)c(O[C@H]2CC[C@@H](OC(F)F)CC2)nc1C. The minimum atomic E-state index is -2.74. The standard InChI is InChI=1S/C18H24F2N4O2/c1-4-24(3)11-22-16-9-13(10-21)17(23-12(16)2)25-14-5-7-15(8-6-14)26-18(19)20/h9,11,14-15,18H,4-8H2,1-3H3/t14-,15+. The molecule has 0 atom stereocenters. The van der Waals surface area contributed by atoms with Crippen molar-refractivity contribution in [1.82, 2.24) is 9.88 Å². The molecule has 0 N–H and O–H groups in total. The number of hydrogen-bond donors (Lipinski definition) is 0. The van der Waals surface area contributed by atoms with Crippen molar-refractivity contribution in [2.45, 2.75) is 58.4 Å². The molecule has 0 radical (unpaired) electrons. The van der Waals surface area contributed by atoms with Crippen LogP contribution in [0.25, 0.3) is 0 Å². The highest BCUT2D eigenvalue weighted by molar-refractivity contribution is 5.63. The topological polar surface area (TPSA) is 70.7 Å². The van der Waals surface area contributed by atoms with Gasteiger partial charge in [0.1, 0.15) is 17.7 Å². The molecule has 6 nitrogen and oxygen atoms in total. The summed E-state index contributed by atoms with van der Waals surface area (Å²) in [6.45, 7) is 1.89. The van der Waals surface area contributed by atoms with Gasteiger partial charge in [-0.05, 0) is 45.6 Å². The zero-order valence-electron chi connectivity index (χ0n) is 15.3. The van der Waals surface area contributed by atoms with Crippen molar-refractivity contribution < 1.29 is 18.3 Å². The monoisotopic (exact) mass is 366 g/mol. The van der Waals surface area contributed by atoms with Gasteiger partial charge >= 0.3 is 6.61 Å². The van der Waals surface area contributed by atoms with E-state index in [4.69, 9.17) is 4.74 Å². The molecule has 0 bridgehead atoms. The first-order chi connectivity index (χ1) is 12.4. The molecule has 1 aliphatic rings. The summed E-state index contributed by atoms with van der Waals surface area (Å²) in [4.78, 5) is 10.6. The summed E-state index contributed by atoms with van der Waals surface area (Å²) in [7, 11) is 1.91. The number of nitrogens with zero attached hydrogens (tertiary/aromatic N) is 4. The number of ether oxygens (including phenoxy) is 2. The van der Waals surface area contributed by atoms with Crippen LogP contribution in [0, 0.1) is 18.3 Å². The first-order valence-corrected chi connectivity index (χ1v) is 8.69. The molecule has 1 aromatic heterocycles. The van der Waals surface area contributed by atoms with E-state index < -0.39 is 12.7 Å². The van der Waals surface area contributed by atoms with Crippen LogP contribution >= 0.6 is 0 Å². The van der Waals surface area contributed by atoms with Crippen molar-refractivity contribution in [3.05, 3.63) is 17.3 Å². The maximum atomic E-state index is 12.3. The molecule has 0 amide bonds. The Labute approximate surface area is 152 Å². The minimum absolute atomic E-state index is 0.160. The van der Waals surface area contributed by atoms with Gasteiger partial charge in [0.25, 0.3) is 0 Å². The van der Waals surface area contributed by atoms with Crippen LogP contribution < -0.4 is 4.74 Å². The molecule has 1 saturated carbocycles. The quantitative estimate of drug-likeness (QED) is 0.542. The van der Waals surface area contributed by atoms with Crippen molar-refractivity contribution in [2.24, 2.45) is 4.99 Å². The highest BCUT2D eigenvalue weighted by Gasteiger charge is 2.26. The second-order valence-corrected chi connectivity index (χ2v) is 6.29. The Bertz CT molecular complexity index is 668. The predicted molar refractivity (Wildman–Crippen MR) is 93.9 cm³/mol. The fourth-order valence-corrected chi connectivity index (χ4v) is 2.71. The van der Waals surface area contributed by atoms with E-state index in [1.165, 1.54) is 0 Å². The smallest absolute Gasteiger partial charge is 0.345 e. The predicted octanol–water partition coefficient (Wildman–Crippen LogP) is 3.80. The van der Waals surface area contributed by atoms with Gasteiger partial charge in [-0.3, -0.25) is 0 Å². The molecule has 0 spiro atoms. The molecule has 1 aromatic rings. The molecule has 2 rings (SSSR count). The average Bonchev–Trinajstić information content (AvgIpc) is 2.62. The second-order valence-electron chi connectivity index (χ2n) is 6.29. The van der Waals surface area contributed by atoms with Crippen molar-refractivity contribution in [3.63, 3.8) is 0 Å². The lowest BCUT2D eigenvalue weighted by Gasteiger charge is -2.28. The summed E-state index contributed by atoms with van der Waals surface area (Å²) < 4.78 is 35.0. The Morgan fingerprint density at radius 2 is 2.04 bits per heavy atom. The van der Waals surface area contributed by atoms with E-state index in [0.29, 0.717) is 42.6 Å². The molecule has 26 heavy (non-hydrogen) atoms. The van der Waals surface area contributed by atoms with Gasteiger partial charge in [0, 0.05) is 13.6 Å². The number of aliphatic imine (C=N–C) groups is 1. The van der Waals surface area contributed by atoms with E-state index in [2.05, 4.69) is 20.8 Å². The summed E-state index contributed by atoms with van der Waals surface area (Å²) in [6, 6.07) is 3.75. The Morgan fingerprint density at radius 1 is 1.38 bits per heavy atom. The normalized spacial score (nSPS) is 20.3. The lowest BCUT2D eigenvalue weighted by molar-refractivity contribution is -0.173. The molecule has 0 saturated heterocycles. The van der Waals surface area contributed by atoms with Gasteiger partial charge < -0.3 is 14.4 Å². The lowest BCUT2D eigenvalue weighted by atomic mass is 9.95. The molecule has 1 heterocycles. The van der Waals surface area contributed by atoms with Gasteiger partial charge in [0.05, 0.1) is 23.8 Å². The van der Waals surface area contributed by atoms with E-state index in [1.807, 2.05) is 18.9 Å². The summed E-state index contributed by atoms with van der Waals surface area (Å²) >= 11 is 0.